The highest BCUT2D eigenvalue weighted by Crippen LogP contribution is 2.30. The van der Waals surface area contributed by atoms with Crippen LogP contribution in [-0.4, -0.2) is 27.8 Å². The van der Waals surface area contributed by atoms with E-state index in [1.807, 2.05) is 31.2 Å². The summed E-state index contributed by atoms with van der Waals surface area (Å²) in [6, 6.07) is 7.71. The SMILES string of the molecule is COc1ccc([C@@H]2C=C(C)Nc3nc(NC(C)=O)nn32)cc1. The first-order valence-electron chi connectivity index (χ1n) is 6.90. The van der Waals surface area contributed by atoms with Crippen LogP contribution in [0.15, 0.2) is 36.0 Å². The Bertz CT molecular complexity index is 733. The van der Waals surface area contributed by atoms with Crippen molar-refractivity contribution in [2.75, 3.05) is 17.7 Å². The lowest BCUT2D eigenvalue weighted by Crippen LogP contribution is -2.19. The van der Waals surface area contributed by atoms with E-state index in [-0.39, 0.29) is 17.9 Å². The molecule has 1 aliphatic heterocycles. The molecule has 1 aromatic heterocycles. The normalized spacial score (nSPS) is 16.3. The molecule has 0 spiro atoms. The van der Waals surface area contributed by atoms with Gasteiger partial charge in [-0.15, -0.1) is 5.10 Å². The molecule has 7 heteroatoms. The van der Waals surface area contributed by atoms with Crippen molar-refractivity contribution in [3.63, 3.8) is 0 Å². The molecular weight excluding hydrogens is 282 g/mol. The number of carbonyl (C=O) groups is 1. The molecule has 1 aliphatic rings. The summed E-state index contributed by atoms with van der Waals surface area (Å²) in [5.74, 6) is 1.49. The number of methoxy groups -OCH3 is 1. The van der Waals surface area contributed by atoms with Crippen molar-refractivity contribution >= 4 is 17.8 Å². The molecule has 7 nitrogen and oxygen atoms in total. The summed E-state index contributed by atoms with van der Waals surface area (Å²) >= 11 is 0. The predicted molar refractivity (Wildman–Crippen MR) is 82.8 cm³/mol. The Morgan fingerprint density at radius 1 is 1.36 bits per heavy atom. The standard InChI is InChI=1S/C15H17N5O2/c1-9-8-13(11-4-6-12(22-3)7-5-11)20-15(16-9)18-14(19-20)17-10(2)21/h4-8,13H,1-3H3,(H2,16,17,18,19,21)/t13-/m0/s1. The van der Waals surface area contributed by atoms with Crippen LogP contribution in [0.1, 0.15) is 25.5 Å². The lowest BCUT2D eigenvalue weighted by molar-refractivity contribution is -0.114. The van der Waals surface area contributed by atoms with Gasteiger partial charge in [0.1, 0.15) is 11.8 Å². The molecule has 1 aromatic carbocycles. The quantitative estimate of drug-likeness (QED) is 0.907. The van der Waals surface area contributed by atoms with Gasteiger partial charge in [-0.2, -0.15) is 4.98 Å². The van der Waals surface area contributed by atoms with Crippen molar-refractivity contribution in [1.82, 2.24) is 14.8 Å². The van der Waals surface area contributed by atoms with Crippen LogP contribution in [0.25, 0.3) is 0 Å². The molecule has 0 unspecified atom stereocenters. The highest BCUT2D eigenvalue weighted by atomic mass is 16.5. The fourth-order valence-electron chi connectivity index (χ4n) is 2.38. The molecule has 1 atom stereocenters. The van der Waals surface area contributed by atoms with Gasteiger partial charge in [-0.25, -0.2) is 4.68 Å². The number of nitrogens with zero attached hydrogens (tertiary/aromatic N) is 3. The van der Waals surface area contributed by atoms with Crippen LogP contribution in [0.3, 0.4) is 0 Å². The number of anilines is 2. The molecule has 0 aliphatic carbocycles. The number of allylic oxidation sites excluding steroid dienone is 2. The summed E-state index contributed by atoms with van der Waals surface area (Å²) in [5.41, 5.74) is 2.04. The topological polar surface area (TPSA) is 81.1 Å². The Hall–Kier alpha value is -2.83. The number of ether oxygens (including phenoxy) is 1. The summed E-state index contributed by atoms with van der Waals surface area (Å²) < 4.78 is 6.94. The number of aromatic nitrogens is 3. The number of nitrogens with one attached hydrogen (secondary N) is 2. The summed E-state index contributed by atoms with van der Waals surface area (Å²) in [6.45, 7) is 3.39. The Balaban J connectivity index is 1.98. The minimum atomic E-state index is -0.200. The van der Waals surface area contributed by atoms with Gasteiger partial charge in [-0.3, -0.25) is 10.1 Å². The van der Waals surface area contributed by atoms with E-state index < -0.39 is 0 Å². The Labute approximate surface area is 128 Å². The van der Waals surface area contributed by atoms with Crippen LogP contribution in [0.2, 0.25) is 0 Å². The first-order valence-corrected chi connectivity index (χ1v) is 6.90. The van der Waals surface area contributed by atoms with Crippen LogP contribution in [0.5, 0.6) is 5.75 Å². The van der Waals surface area contributed by atoms with Crippen LogP contribution in [-0.2, 0) is 4.79 Å². The molecule has 0 bridgehead atoms. The molecule has 22 heavy (non-hydrogen) atoms. The maximum Gasteiger partial charge on any atom is 0.250 e. The second-order valence-corrected chi connectivity index (χ2v) is 5.08. The number of fused-ring (bicyclic) bond motifs is 1. The van der Waals surface area contributed by atoms with Crippen molar-refractivity contribution in [1.29, 1.82) is 0 Å². The first-order chi connectivity index (χ1) is 10.6. The van der Waals surface area contributed by atoms with Crippen LogP contribution >= 0.6 is 0 Å². The molecule has 3 rings (SSSR count). The molecule has 0 fully saturated rings. The average Bonchev–Trinajstić information content (AvgIpc) is 2.87. The van der Waals surface area contributed by atoms with Crippen molar-refractivity contribution in [3.8, 4) is 5.75 Å². The van der Waals surface area contributed by atoms with Gasteiger partial charge in [-0.1, -0.05) is 12.1 Å². The van der Waals surface area contributed by atoms with E-state index in [0.717, 1.165) is 17.0 Å². The van der Waals surface area contributed by atoms with Crippen molar-refractivity contribution in [3.05, 3.63) is 41.6 Å². The van der Waals surface area contributed by atoms with Crippen molar-refractivity contribution < 1.29 is 9.53 Å². The van der Waals surface area contributed by atoms with E-state index in [2.05, 4.69) is 26.8 Å². The summed E-state index contributed by atoms with van der Waals surface area (Å²) in [6.07, 6.45) is 2.06. The van der Waals surface area contributed by atoms with E-state index in [1.165, 1.54) is 6.92 Å². The van der Waals surface area contributed by atoms with E-state index in [1.54, 1.807) is 11.8 Å². The molecule has 0 saturated heterocycles. The minimum absolute atomic E-state index is 0.0860. The fraction of sp³-hybridized carbons (Fsp3) is 0.267. The van der Waals surface area contributed by atoms with Crippen LogP contribution in [0.4, 0.5) is 11.9 Å². The average molecular weight is 299 g/mol. The van der Waals surface area contributed by atoms with E-state index in [9.17, 15) is 4.79 Å². The zero-order valence-electron chi connectivity index (χ0n) is 12.6. The lowest BCUT2D eigenvalue weighted by atomic mass is 10.0. The maximum atomic E-state index is 11.2. The van der Waals surface area contributed by atoms with Gasteiger partial charge in [0.2, 0.25) is 11.9 Å². The molecule has 1 amide bonds. The van der Waals surface area contributed by atoms with Crippen LogP contribution in [0, 0.1) is 0 Å². The number of amides is 1. The largest absolute Gasteiger partial charge is 0.497 e. The predicted octanol–water partition coefficient (Wildman–Crippen LogP) is 2.16. The fourth-order valence-corrected chi connectivity index (χ4v) is 2.38. The van der Waals surface area contributed by atoms with Gasteiger partial charge in [-0.05, 0) is 30.7 Å². The Morgan fingerprint density at radius 2 is 2.09 bits per heavy atom. The van der Waals surface area contributed by atoms with Gasteiger partial charge >= 0.3 is 0 Å². The Kier molecular flexibility index (Phi) is 3.54. The number of hydrogen-bond donors (Lipinski definition) is 2. The maximum absolute atomic E-state index is 11.2. The van der Waals surface area contributed by atoms with E-state index in [0.29, 0.717) is 5.95 Å². The van der Waals surface area contributed by atoms with Gasteiger partial charge in [0, 0.05) is 12.6 Å². The summed E-state index contributed by atoms with van der Waals surface area (Å²) in [4.78, 5) is 15.5. The number of hydrogen-bond acceptors (Lipinski definition) is 5. The van der Waals surface area contributed by atoms with E-state index in [4.69, 9.17) is 4.74 Å². The zero-order valence-corrected chi connectivity index (χ0v) is 12.6. The minimum Gasteiger partial charge on any atom is -0.497 e. The molecular formula is C15H17N5O2. The summed E-state index contributed by atoms with van der Waals surface area (Å²) in [5, 5.41) is 10.1. The molecule has 2 aromatic rings. The Morgan fingerprint density at radius 3 is 2.73 bits per heavy atom. The van der Waals surface area contributed by atoms with Gasteiger partial charge in [0.15, 0.2) is 0 Å². The zero-order chi connectivity index (χ0) is 15.7. The molecule has 2 N–H and O–H groups in total. The second kappa shape index (κ2) is 5.51. The highest BCUT2D eigenvalue weighted by Gasteiger charge is 2.23. The van der Waals surface area contributed by atoms with Gasteiger partial charge in [0.05, 0.1) is 7.11 Å². The molecule has 0 radical (unpaired) electrons. The molecule has 114 valence electrons. The van der Waals surface area contributed by atoms with Gasteiger partial charge < -0.3 is 10.1 Å². The highest BCUT2D eigenvalue weighted by molar-refractivity contribution is 5.86. The second-order valence-electron chi connectivity index (χ2n) is 5.08. The smallest absolute Gasteiger partial charge is 0.250 e. The third-order valence-electron chi connectivity index (χ3n) is 3.36. The number of benzene rings is 1. The summed E-state index contributed by atoms with van der Waals surface area (Å²) in [7, 11) is 1.64. The molecule has 2 heterocycles. The molecule has 0 saturated carbocycles. The van der Waals surface area contributed by atoms with Crippen molar-refractivity contribution in [2.24, 2.45) is 0 Å². The van der Waals surface area contributed by atoms with Gasteiger partial charge in [0.25, 0.3) is 5.95 Å². The first kappa shape index (κ1) is 14.1. The number of carbonyl (C=O) groups excluding carboxylic acids is 1. The third-order valence-corrected chi connectivity index (χ3v) is 3.36. The van der Waals surface area contributed by atoms with E-state index >= 15 is 0 Å². The number of rotatable bonds is 3. The third kappa shape index (κ3) is 2.65. The lowest BCUT2D eigenvalue weighted by Gasteiger charge is -2.22. The van der Waals surface area contributed by atoms with Crippen molar-refractivity contribution in [2.45, 2.75) is 19.9 Å². The van der Waals surface area contributed by atoms with Crippen LogP contribution < -0.4 is 15.4 Å². The monoisotopic (exact) mass is 299 g/mol.